The molecule has 0 aliphatic rings. The van der Waals surface area contributed by atoms with Crippen molar-refractivity contribution in [2.24, 2.45) is 0 Å². The lowest BCUT2D eigenvalue weighted by Crippen LogP contribution is -2.40. The molecule has 1 N–H and O–H groups in total. The Bertz CT molecular complexity index is 1160. The zero-order valence-corrected chi connectivity index (χ0v) is 22.2. The van der Waals surface area contributed by atoms with Gasteiger partial charge in [-0.25, -0.2) is 4.79 Å². The SMILES string of the molecule is CCN(CC)CCOC(=O)C(O)(c1ccc(-c2ccccc2)cc1)c1ccc(-c2ccccc2)cc1.Cl. The summed E-state index contributed by atoms with van der Waals surface area (Å²) in [5, 5.41) is 11.9. The Morgan fingerprint density at radius 2 is 1.05 bits per heavy atom. The molecule has 0 aliphatic heterocycles. The van der Waals surface area contributed by atoms with Gasteiger partial charge in [0.15, 0.2) is 0 Å². The van der Waals surface area contributed by atoms with Crippen molar-refractivity contribution in [2.45, 2.75) is 19.4 Å². The van der Waals surface area contributed by atoms with Gasteiger partial charge in [0, 0.05) is 6.54 Å². The number of hydrogen-bond acceptors (Lipinski definition) is 4. The minimum absolute atomic E-state index is 0. The topological polar surface area (TPSA) is 49.8 Å². The van der Waals surface area contributed by atoms with E-state index in [1.165, 1.54) is 0 Å². The van der Waals surface area contributed by atoms with Crippen molar-refractivity contribution in [3.05, 3.63) is 120 Å². The molecule has 4 aromatic rings. The van der Waals surface area contributed by atoms with Gasteiger partial charge in [-0.05, 0) is 46.5 Å². The third-order valence-electron chi connectivity index (χ3n) is 6.65. The maximum absolute atomic E-state index is 13.4. The molecular weight excluding hydrogens is 482 g/mol. The average Bonchev–Trinajstić information content (AvgIpc) is 2.96. The van der Waals surface area contributed by atoms with Crippen LogP contribution in [0.2, 0.25) is 0 Å². The fraction of sp³-hybridized carbons (Fsp3) is 0.219. The van der Waals surface area contributed by atoms with E-state index in [2.05, 4.69) is 18.7 Å². The summed E-state index contributed by atoms with van der Waals surface area (Å²) in [7, 11) is 0. The summed E-state index contributed by atoms with van der Waals surface area (Å²) in [5.74, 6) is -0.672. The van der Waals surface area contributed by atoms with E-state index < -0.39 is 11.6 Å². The van der Waals surface area contributed by atoms with Crippen LogP contribution in [0.5, 0.6) is 0 Å². The number of halogens is 1. The number of carbonyl (C=O) groups excluding carboxylic acids is 1. The molecule has 0 bridgehead atoms. The number of carbonyl (C=O) groups is 1. The molecule has 5 heteroatoms. The van der Waals surface area contributed by atoms with Gasteiger partial charge < -0.3 is 14.7 Å². The molecule has 0 heterocycles. The molecule has 192 valence electrons. The smallest absolute Gasteiger partial charge is 0.347 e. The van der Waals surface area contributed by atoms with Gasteiger partial charge in [-0.3, -0.25) is 0 Å². The minimum Gasteiger partial charge on any atom is -0.462 e. The molecule has 4 rings (SSSR count). The molecule has 0 aliphatic carbocycles. The van der Waals surface area contributed by atoms with E-state index in [-0.39, 0.29) is 19.0 Å². The van der Waals surface area contributed by atoms with E-state index in [9.17, 15) is 9.90 Å². The average molecular weight is 516 g/mol. The Morgan fingerprint density at radius 1 is 0.676 bits per heavy atom. The molecule has 0 unspecified atom stereocenters. The molecule has 0 amide bonds. The van der Waals surface area contributed by atoms with Crippen molar-refractivity contribution >= 4 is 18.4 Å². The number of nitrogens with zero attached hydrogens (tertiary/aromatic N) is 1. The lowest BCUT2D eigenvalue weighted by atomic mass is 9.85. The molecule has 4 nitrogen and oxygen atoms in total. The van der Waals surface area contributed by atoms with E-state index in [1.54, 1.807) is 24.3 Å². The van der Waals surface area contributed by atoms with Crippen molar-refractivity contribution in [1.82, 2.24) is 4.90 Å². The first-order valence-electron chi connectivity index (χ1n) is 12.5. The summed E-state index contributed by atoms with van der Waals surface area (Å²) in [6.07, 6.45) is 0. The predicted octanol–water partition coefficient (Wildman–Crippen LogP) is 6.56. The van der Waals surface area contributed by atoms with Crippen molar-refractivity contribution in [1.29, 1.82) is 0 Å². The van der Waals surface area contributed by atoms with Gasteiger partial charge in [0.2, 0.25) is 5.60 Å². The number of aliphatic hydroxyl groups is 1. The van der Waals surface area contributed by atoms with E-state index in [1.807, 2.05) is 84.9 Å². The van der Waals surface area contributed by atoms with Gasteiger partial charge >= 0.3 is 5.97 Å². The van der Waals surface area contributed by atoms with Gasteiger partial charge in [0.05, 0.1) is 0 Å². The summed E-state index contributed by atoms with van der Waals surface area (Å²) in [5.41, 5.74) is 3.19. The van der Waals surface area contributed by atoms with Crippen LogP contribution in [0.1, 0.15) is 25.0 Å². The van der Waals surface area contributed by atoms with Crippen LogP contribution in [0.25, 0.3) is 22.3 Å². The van der Waals surface area contributed by atoms with E-state index in [4.69, 9.17) is 4.74 Å². The van der Waals surface area contributed by atoms with Crippen molar-refractivity contribution in [3.63, 3.8) is 0 Å². The highest BCUT2D eigenvalue weighted by atomic mass is 35.5. The van der Waals surface area contributed by atoms with Crippen LogP contribution in [0.15, 0.2) is 109 Å². The lowest BCUT2D eigenvalue weighted by molar-refractivity contribution is -0.162. The Labute approximate surface area is 226 Å². The number of hydrogen-bond donors (Lipinski definition) is 1. The number of esters is 1. The first-order chi connectivity index (χ1) is 17.6. The van der Waals surface area contributed by atoms with Gasteiger partial charge in [0.25, 0.3) is 0 Å². The molecule has 0 saturated carbocycles. The quantitative estimate of drug-likeness (QED) is 0.243. The van der Waals surface area contributed by atoms with Crippen molar-refractivity contribution in [2.75, 3.05) is 26.2 Å². The van der Waals surface area contributed by atoms with Crippen LogP contribution >= 0.6 is 12.4 Å². The fourth-order valence-electron chi connectivity index (χ4n) is 4.38. The van der Waals surface area contributed by atoms with Crippen LogP contribution in [0, 0.1) is 0 Å². The summed E-state index contributed by atoms with van der Waals surface area (Å²) in [6.45, 7) is 6.73. The first-order valence-corrected chi connectivity index (χ1v) is 12.5. The zero-order chi connectivity index (χ0) is 25.4. The lowest BCUT2D eigenvalue weighted by Gasteiger charge is -2.28. The third kappa shape index (κ3) is 6.47. The van der Waals surface area contributed by atoms with Gasteiger partial charge in [-0.15, -0.1) is 12.4 Å². The van der Waals surface area contributed by atoms with Crippen LogP contribution in [-0.4, -0.2) is 42.2 Å². The molecule has 0 fully saturated rings. The van der Waals surface area contributed by atoms with Crippen LogP contribution in [-0.2, 0) is 15.1 Å². The summed E-state index contributed by atoms with van der Waals surface area (Å²) in [4.78, 5) is 15.6. The molecule has 0 saturated heterocycles. The fourth-order valence-corrected chi connectivity index (χ4v) is 4.38. The second-order valence-corrected chi connectivity index (χ2v) is 8.76. The highest BCUT2D eigenvalue weighted by Crippen LogP contribution is 2.34. The third-order valence-corrected chi connectivity index (χ3v) is 6.65. The Hall–Kier alpha value is -3.44. The molecule has 0 spiro atoms. The second-order valence-electron chi connectivity index (χ2n) is 8.76. The van der Waals surface area contributed by atoms with Crippen LogP contribution in [0.3, 0.4) is 0 Å². The van der Waals surface area contributed by atoms with Gasteiger partial charge in [-0.2, -0.15) is 0 Å². The van der Waals surface area contributed by atoms with E-state index >= 15 is 0 Å². The molecule has 0 atom stereocenters. The molecule has 0 aromatic heterocycles. The van der Waals surface area contributed by atoms with Crippen LogP contribution < -0.4 is 0 Å². The maximum Gasteiger partial charge on any atom is 0.347 e. The minimum atomic E-state index is -1.92. The molecule has 4 aromatic carbocycles. The van der Waals surface area contributed by atoms with Crippen molar-refractivity contribution < 1.29 is 14.6 Å². The monoisotopic (exact) mass is 515 g/mol. The molecular formula is C32H34ClNO3. The number of benzene rings is 4. The highest BCUT2D eigenvalue weighted by molar-refractivity contribution is 5.86. The number of ether oxygens (including phenoxy) is 1. The Kier molecular flexibility index (Phi) is 10.0. The molecule has 0 radical (unpaired) electrons. The standard InChI is InChI=1S/C32H33NO3.ClH/c1-3-33(4-2)23-24-36-31(34)32(35,29-19-15-27(16-20-29)25-11-7-5-8-12-25)30-21-17-28(18-22-30)26-13-9-6-10-14-26;/h5-22,35H,3-4,23-24H2,1-2H3;1H. The van der Waals surface area contributed by atoms with E-state index in [0.29, 0.717) is 17.7 Å². The maximum atomic E-state index is 13.4. The van der Waals surface area contributed by atoms with Gasteiger partial charge in [0.1, 0.15) is 6.61 Å². The Balaban J connectivity index is 0.00000380. The second kappa shape index (κ2) is 13.2. The van der Waals surface area contributed by atoms with E-state index in [0.717, 1.165) is 35.3 Å². The summed E-state index contributed by atoms with van der Waals surface area (Å²) in [6, 6.07) is 35.0. The highest BCUT2D eigenvalue weighted by Gasteiger charge is 2.41. The Morgan fingerprint density at radius 3 is 1.43 bits per heavy atom. The molecule has 37 heavy (non-hydrogen) atoms. The van der Waals surface area contributed by atoms with Crippen molar-refractivity contribution in [3.8, 4) is 22.3 Å². The predicted molar refractivity (Wildman–Crippen MR) is 153 cm³/mol. The summed E-state index contributed by atoms with van der Waals surface area (Å²) >= 11 is 0. The summed E-state index contributed by atoms with van der Waals surface area (Å²) < 4.78 is 5.65. The number of likely N-dealkylation sites (N-methyl/N-ethyl adjacent to an activating group) is 1. The van der Waals surface area contributed by atoms with Crippen LogP contribution in [0.4, 0.5) is 0 Å². The first kappa shape index (κ1) is 28.1. The van der Waals surface area contributed by atoms with Gasteiger partial charge in [-0.1, -0.05) is 123 Å². The number of rotatable bonds is 10. The normalized spacial score (nSPS) is 11.1. The zero-order valence-electron chi connectivity index (χ0n) is 21.3. The largest absolute Gasteiger partial charge is 0.462 e.